The maximum absolute atomic E-state index is 11.8. The molecule has 1 heterocycles. The van der Waals surface area contributed by atoms with Crippen LogP contribution in [0.25, 0.3) is 0 Å². The molecular formula is C13H27N3O. The molecule has 1 atom stereocenters. The number of carbonyl (C=O) groups excluding carboxylic acids is 1. The summed E-state index contributed by atoms with van der Waals surface area (Å²) in [5.41, 5.74) is 0. The van der Waals surface area contributed by atoms with Gasteiger partial charge in [0.1, 0.15) is 0 Å². The van der Waals surface area contributed by atoms with Crippen LogP contribution in [0.2, 0.25) is 0 Å². The predicted octanol–water partition coefficient (Wildman–Crippen LogP) is 0.786. The van der Waals surface area contributed by atoms with Gasteiger partial charge in [-0.3, -0.25) is 4.79 Å². The lowest BCUT2D eigenvalue weighted by Crippen LogP contribution is -2.42. The standard InChI is InChI=1S/C13H27N3O/c1-4-16(5-2)13(17)10-14-9-12-7-6-8-15(3)11-12/h12,14H,4-11H2,1-3H3. The molecule has 1 fully saturated rings. The summed E-state index contributed by atoms with van der Waals surface area (Å²) in [7, 11) is 2.17. The van der Waals surface area contributed by atoms with Gasteiger partial charge in [-0.15, -0.1) is 0 Å². The highest BCUT2D eigenvalue weighted by molar-refractivity contribution is 5.78. The number of carbonyl (C=O) groups is 1. The van der Waals surface area contributed by atoms with Gasteiger partial charge in [0.05, 0.1) is 6.54 Å². The van der Waals surface area contributed by atoms with E-state index in [4.69, 9.17) is 0 Å². The van der Waals surface area contributed by atoms with E-state index in [1.54, 1.807) is 0 Å². The van der Waals surface area contributed by atoms with Gasteiger partial charge in [-0.25, -0.2) is 0 Å². The summed E-state index contributed by atoms with van der Waals surface area (Å²) in [5, 5.41) is 3.31. The molecule has 1 unspecified atom stereocenters. The first kappa shape index (κ1) is 14.5. The van der Waals surface area contributed by atoms with Gasteiger partial charge in [0.25, 0.3) is 0 Å². The summed E-state index contributed by atoms with van der Waals surface area (Å²) in [6.07, 6.45) is 2.57. The van der Waals surface area contributed by atoms with Crippen molar-refractivity contribution < 1.29 is 4.79 Å². The summed E-state index contributed by atoms with van der Waals surface area (Å²) >= 11 is 0. The van der Waals surface area contributed by atoms with Crippen LogP contribution in [0.4, 0.5) is 0 Å². The molecule has 0 spiro atoms. The Balaban J connectivity index is 2.16. The van der Waals surface area contributed by atoms with E-state index in [2.05, 4.69) is 17.3 Å². The quantitative estimate of drug-likeness (QED) is 0.747. The van der Waals surface area contributed by atoms with E-state index in [-0.39, 0.29) is 5.91 Å². The van der Waals surface area contributed by atoms with Gasteiger partial charge in [0.15, 0.2) is 0 Å². The van der Waals surface area contributed by atoms with Crippen molar-refractivity contribution in [3.05, 3.63) is 0 Å². The van der Waals surface area contributed by atoms with Crippen LogP contribution in [0.5, 0.6) is 0 Å². The third-order valence-electron chi connectivity index (χ3n) is 3.55. The number of amides is 1. The van der Waals surface area contributed by atoms with E-state index in [0.717, 1.165) is 26.2 Å². The summed E-state index contributed by atoms with van der Waals surface area (Å²) in [5.74, 6) is 0.928. The molecule has 0 radical (unpaired) electrons. The molecule has 1 rings (SSSR count). The minimum Gasteiger partial charge on any atom is -0.342 e. The SMILES string of the molecule is CCN(CC)C(=O)CNCC1CCCN(C)C1. The van der Waals surface area contributed by atoms with Gasteiger partial charge in [-0.2, -0.15) is 0 Å². The number of likely N-dealkylation sites (N-methyl/N-ethyl adjacent to an activating group) is 1. The molecule has 100 valence electrons. The molecular weight excluding hydrogens is 214 g/mol. The van der Waals surface area contributed by atoms with Crippen LogP contribution in [-0.2, 0) is 4.79 Å². The van der Waals surface area contributed by atoms with Gasteiger partial charge < -0.3 is 15.1 Å². The third kappa shape index (κ3) is 5.04. The van der Waals surface area contributed by atoms with E-state index in [1.165, 1.54) is 19.4 Å². The number of piperidine rings is 1. The van der Waals surface area contributed by atoms with Crippen molar-refractivity contribution in [1.82, 2.24) is 15.1 Å². The minimum atomic E-state index is 0.221. The Morgan fingerprint density at radius 2 is 2.12 bits per heavy atom. The first-order valence-corrected chi connectivity index (χ1v) is 6.84. The largest absolute Gasteiger partial charge is 0.342 e. The highest BCUT2D eigenvalue weighted by Gasteiger charge is 2.17. The number of nitrogens with one attached hydrogen (secondary N) is 1. The average molecular weight is 241 g/mol. The third-order valence-corrected chi connectivity index (χ3v) is 3.55. The fourth-order valence-electron chi connectivity index (χ4n) is 2.51. The number of hydrogen-bond acceptors (Lipinski definition) is 3. The van der Waals surface area contributed by atoms with Crippen molar-refractivity contribution in [2.45, 2.75) is 26.7 Å². The molecule has 0 bridgehead atoms. The van der Waals surface area contributed by atoms with Crippen LogP contribution in [0.15, 0.2) is 0 Å². The fourth-order valence-corrected chi connectivity index (χ4v) is 2.51. The second-order valence-electron chi connectivity index (χ2n) is 4.97. The van der Waals surface area contributed by atoms with Crippen molar-refractivity contribution in [3.63, 3.8) is 0 Å². The molecule has 1 aliphatic rings. The van der Waals surface area contributed by atoms with Crippen LogP contribution in [0, 0.1) is 5.92 Å². The maximum atomic E-state index is 11.8. The molecule has 0 saturated carbocycles. The monoisotopic (exact) mass is 241 g/mol. The molecule has 1 amide bonds. The number of rotatable bonds is 6. The number of nitrogens with zero attached hydrogens (tertiary/aromatic N) is 2. The summed E-state index contributed by atoms with van der Waals surface area (Å²) < 4.78 is 0. The molecule has 1 saturated heterocycles. The molecule has 4 nitrogen and oxygen atoms in total. The van der Waals surface area contributed by atoms with E-state index in [0.29, 0.717) is 12.5 Å². The second kappa shape index (κ2) is 7.67. The van der Waals surface area contributed by atoms with Crippen molar-refractivity contribution in [2.75, 3.05) is 46.3 Å². The van der Waals surface area contributed by atoms with Gasteiger partial charge in [0, 0.05) is 19.6 Å². The molecule has 17 heavy (non-hydrogen) atoms. The molecule has 0 aromatic rings. The number of likely N-dealkylation sites (tertiary alicyclic amines) is 1. The lowest BCUT2D eigenvalue weighted by molar-refractivity contribution is -0.129. The number of hydrogen-bond donors (Lipinski definition) is 1. The van der Waals surface area contributed by atoms with Crippen LogP contribution in [-0.4, -0.2) is 62.0 Å². The Hall–Kier alpha value is -0.610. The lowest BCUT2D eigenvalue weighted by atomic mass is 9.98. The Kier molecular flexibility index (Phi) is 6.52. The van der Waals surface area contributed by atoms with Crippen molar-refractivity contribution in [2.24, 2.45) is 5.92 Å². The van der Waals surface area contributed by atoms with E-state index >= 15 is 0 Å². The zero-order chi connectivity index (χ0) is 12.7. The van der Waals surface area contributed by atoms with E-state index in [9.17, 15) is 4.79 Å². The maximum Gasteiger partial charge on any atom is 0.236 e. The second-order valence-corrected chi connectivity index (χ2v) is 4.97. The highest BCUT2D eigenvalue weighted by Crippen LogP contribution is 2.13. The van der Waals surface area contributed by atoms with Crippen molar-refractivity contribution in [1.29, 1.82) is 0 Å². The van der Waals surface area contributed by atoms with Crippen molar-refractivity contribution in [3.8, 4) is 0 Å². The summed E-state index contributed by atoms with van der Waals surface area (Å²) in [6, 6.07) is 0. The van der Waals surface area contributed by atoms with Crippen molar-refractivity contribution >= 4 is 5.91 Å². The lowest BCUT2D eigenvalue weighted by Gasteiger charge is -2.30. The smallest absolute Gasteiger partial charge is 0.236 e. The molecule has 1 N–H and O–H groups in total. The molecule has 0 aliphatic carbocycles. The van der Waals surface area contributed by atoms with Crippen LogP contribution in [0.1, 0.15) is 26.7 Å². The average Bonchev–Trinajstić information content (AvgIpc) is 2.30. The Morgan fingerprint density at radius 3 is 2.71 bits per heavy atom. The zero-order valence-corrected chi connectivity index (χ0v) is 11.5. The highest BCUT2D eigenvalue weighted by atomic mass is 16.2. The zero-order valence-electron chi connectivity index (χ0n) is 11.5. The first-order chi connectivity index (χ1) is 8.17. The van der Waals surface area contributed by atoms with Crippen LogP contribution >= 0.6 is 0 Å². The Morgan fingerprint density at radius 1 is 1.41 bits per heavy atom. The van der Waals surface area contributed by atoms with Gasteiger partial charge in [0.2, 0.25) is 5.91 Å². The van der Waals surface area contributed by atoms with E-state index in [1.807, 2.05) is 18.7 Å². The van der Waals surface area contributed by atoms with E-state index < -0.39 is 0 Å². The first-order valence-electron chi connectivity index (χ1n) is 6.84. The summed E-state index contributed by atoms with van der Waals surface area (Å²) in [6.45, 7) is 9.50. The van der Waals surface area contributed by atoms with Gasteiger partial charge in [-0.1, -0.05) is 0 Å². The van der Waals surface area contributed by atoms with Crippen LogP contribution in [0.3, 0.4) is 0 Å². The fraction of sp³-hybridized carbons (Fsp3) is 0.923. The Bertz CT molecular complexity index is 229. The normalized spacial score (nSPS) is 21.5. The molecule has 0 aromatic carbocycles. The van der Waals surface area contributed by atoms with Gasteiger partial charge in [-0.05, 0) is 52.7 Å². The topological polar surface area (TPSA) is 35.6 Å². The van der Waals surface area contributed by atoms with Gasteiger partial charge >= 0.3 is 0 Å². The summed E-state index contributed by atoms with van der Waals surface area (Å²) in [4.78, 5) is 16.0. The molecule has 4 heteroatoms. The molecule has 0 aromatic heterocycles. The molecule has 1 aliphatic heterocycles. The predicted molar refractivity (Wildman–Crippen MR) is 71.0 cm³/mol. The minimum absolute atomic E-state index is 0.221. The van der Waals surface area contributed by atoms with Crippen LogP contribution < -0.4 is 5.32 Å². The Labute approximate surface area is 105 Å².